The molecular weight excluding hydrogens is 240 g/mol. The molecular formula is C8H9ClN2O3S. The maximum Gasteiger partial charge on any atom is 0.328 e. The Morgan fingerprint density at radius 1 is 1.80 bits per heavy atom. The molecule has 0 spiro atoms. The summed E-state index contributed by atoms with van der Waals surface area (Å²) in [4.78, 5) is 16.7. The van der Waals surface area contributed by atoms with Crippen LogP contribution in [0.3, 0.4) is 0 Å². The van der Waals surface area contributed by atoms with Crippen LogP contribution in [0.15, 0.2) is 5.38 Å². The first-order valence-corrected chi connectivity index (χ1v) is 5.62. The third kappa shape index (κ3) is 2.22. The molecule has 0 aliphatic carbocycles. The molecule has 7 heteroatoms. The topological polar surface area (TPSA) is 62.7 Å². The minimum absolute atomic E-state index is 0.187. The lowest BCUT2D eigenvalue weighted by Crippen LogP contribution is -2.50. The predicted octanol–water partition coefficient (Wildman–Crippen LogP) is 1.09. The summed E-state index contributed by atoms with van der Waals surface area (Å²) < 4.78 is 5.12. The number of hydrogen-bond acceptors (Lipinski definition) is 5. The van der Waals surface area contributed by atoms with E-state index in [1.54, 1.807) is 10.3 Å². The zero-order valence-corrected chi connectivity index (χ0v) is 9.29. The predicted molar refractivity (Wildman–Crippen MR) is 56.7 cm³/mol. The monoisotopic (exact) mass is 248 g/mol. The summed E-state index contributed by atoms with van der Waals surface area (Å²) in [5, 5.41) is 11.7. The number of aliphatic carboxylic acids is 1. The van der Waals surface area contributed by atoms with Gasteiger partial charge in [-0.3, -0.25) is 0 Å². The zero-order valence-electron chi connectivity index (χ0n) is 7.72. The fourth-order valence-corrected chi connectivity index (χ4v) is 2.44. The standard InChI is InChI=1S/C8H9ClN2O3S/c9-6-4-15-8(10-6)11-1-2-14-3-5(11)7(12)13/h4-5H,1-3H2,(H,12,13). The average Bonchev–Trinajstić information content (AvgIpc) is 2.65. The van der Waals surface area contributed by atoms with Gasteiger partial charge in [-0.2, -0.15) is 0 Å². The van der Waals surface area contributed by atoms with Gasteiger partial charge in [0.1, 0.15) is 5.15 Å². The molecule has 0 bridgehead atoms. The van der Waals surface area contributed by atoms with Gasteiger partial charge in [-0.05, 0) is 0 Å². The number of hydrogen-bond donors (Lipinski definition) is 1. The lowest BCUT2D eigenvalue weighted by atomic mass is 10.2. The van der Waals surface area contributed by atoms with E-state index in [4.69, 9.17) is 21.4 Å². The molecule has 0 aromatic carbocycles. The minimum atomic E-state index is -0.902. The molecule has 1 aromatic rings. The molecule has 15 heavy (non-hydrogen) atoms. The zero-order chi connectivity index (χ0) is 10.8. The molecule has 0 saturated carbocycles. The summed E-state index contributed by atoms with van der Waals surface area (Å²) in [6.45, 7) is 1.23. The minimum Gasteiger partial charge on any atom is -0.480 e. The smallest absolute Gasteiger partial charge is 0.328 e. The van der Waals surface area contributed by atoms with Crippen molar-refractivity contribution in [3.8, 4) is 0 Å². The first kappa shape index (κ1) is 10.7. The largest absolute Gasteiger partial charge is 0.480 e. The fourth-order valence-electron chi connectivity index (χ4n) is 1.41. The van der Waals surface area contributed by atoms with E-state index in [2.05, 4.69) is 4.98 Å². The van der Waals surface area contributed by atoms with Crippen molar-refractivity contribution in [1.29, 1.82) is 0 Å². The number of rotatable bonds is 2. The van der Waals surface area contributed by atoms with Crippen molar-refractivity contribution in [3.05, 3.63) is 10.5 Å². The van der Waals surface area contributed by atoms with Crippen LogP contribution in [-0.2, 0) is 9.53 Å². The summed E-state index contributed by atoms with van der Waals surface area (Å²) in [7, 11) is 0. The molecule has 1 saturated heterocycles. The maximum atomic E-state index is 11.0. The molecule has 1 fully saturated rings. The van der Waals surface area contributed by atoms with Crippen LogP contribution in [0.4, 0.5) is 5.13 Å². The number of carbonyl (C=O) groups is 1. The number of thiazole rings is 1. The van der Waals surface area contributed by atoms with Gasteiger partial charge in [-0.15, -0.1) is 11.3 Å². The highest BCUT2D eigenvalue weighted by Crippen LogP contribution is 2.26. The van der Waals surface area contributed by atoms with Crippen molar-refractivity contribution in [2.75, 3.05) is 24.7 Å². The summed E-state index contributed by atoms with van der Waals surface area (Å²) in [5.74, 6) is -0.902. The van der Waals surface area contributed by atoms with Gasteiger partial charge >= 0.3 is 5.97 Å². The molecule has 0 radical (unpaired) electrons. The summed E-state index contributed by atoms with van der Waals surface area (Å²) >= 11 is 7.04. The van der Waals surface area contributed by atoms with E-state index >= 15 is 0 Å². The third-order valence-electron chi connectivity index (χ3n) is 2.12. The van der Waals surface area contributed by atoms with Gasteiger partial charge in [0.2, 0.25) is 0 Å². The molecule has 1 unspecified atom stereocenters. The van der Waals surface area contributed by atoms with Gasteiger partial charge < -0.3 is 14.7 Å². The van der Waals surface area contributed by atoms with E-state index in [0.29, 0.717) is 23.4 Å². The molecule has 1 atom stereocenters. The third-order valence-corrected chi connectivity index (χ3v) is 3.32. The van der Waals surface area contributed by atoms with Crippen molar-refractivity contribution in [3.63, 3.8) is 0 Å². The molecule has 2 rings (SSSR count). The molecule has 82 valence electrons. The Morgan fingerprint density at radius 3 is 3.20 bits per heavy atom. The highest BCUT2D eigenvalue weighted by Gasteiger charge is 2.30. The van der Waals surface area contributed by atoms with Gasteiger partial charge in [-0.1, -0.05) is 11.6 Å². The molecule has 1 aliphatic heterocycles. The number of carboxylic acids is 1. The number of aromatic nitrogens is 1. The summed E-state index contributed by atoms with van der Waals surface area (Å²) in [6.07, 6.45) is 0. The second kappa shape index (κ2) is 4.34. The van der Waals surface area contributed by atoms with Crippen molar-refractivity contribution < 1.29 is 14.6 Å². The SMILES string of the molecule is O=C(O)C1COCCN1c1nc(Cl)cs1. The highest BCUT2D eigenvalue weighted by molar-refractivity contribution is 7.14. The van der Waals surface area contributed by atoms with Crippen LogP contribution in [0.5, 0.6) is 0 Å². The Kier molecular flexibility index (Phi) is 3.08. The first-order valence-electron chi connectivity index (χ1n) is 4.36. The fraction of sp³-hybridized carbons (Fsp3) is 0.500. The maximum absolute atomic E-state index is 11.0. The Morgan fingerprint density at radius 2 is 2.60 bits per heavy atom. The van der Waals surface area contributed by atoms with E-state index in [1.165, 1.54) is 11.3 Å². The van der Waals surface area contributed by atoms with E-state index in [1.807, 2.05) is 0 Å². The molecule has 0 amide bonds. The molecule has 1 aromatic heterocycles. The first-order chi connectivity index (χ1) is 7.18. The van der Waals surface area contributed by atoms with Crippen molar-refractivity contribution >= 4 is 34.0 Å². The van der Waals surface area contributed by atoms with Gasteiger partial charge in [0.15, 0.2) is 11.2 Å². The molecule has 5 nitrogen and oxygen atoms in total. The van der Waals surface area contributed by atoms with Gasteiger partial charge in [0.05, 0.1) is 13.2 Å². The summed E-state index contributed by atoms with van der Waals surface area (Å²) in [6, 6.07) is -0.666. The van der Waals surface area contributed by atoms with Crippen LogP contribution < -0.4 is 4.90 Å². The average molecular weight is 249 g/mol. The number of nitrogens with zero attached hydrogens (tertiary/aromatic N) is 2. The van der Waals surface area contributed by atoms with Crippen LogP contribution in [0.1, 0.15) is 0 Å². The molecule has 1 N–H and O–H groups in total. The Hall–Kier alpha value is -0.850. The van der Waals surface area contributed by atoms with Crippen LogP contribution in [0.2, 0.25) is 5.15 Å². The normalized spacial score (nSPS) is 21.7. The number of carboxylic acid groups (broad SMARTS) is 1. The lowest BCUT2D eigenvalue weighted by Gasteiger charge is -2.32. The second-order valence-electron chi connectivity index (χ2n) is 3.08. The molecule has 2 heterocycles. The molecule has 1 aliphatic rings. The number of halogens is 1. The van der Waals surface area contributed by atoms with E-state index < -0.39 is 12.0 Å². The summed E-state index contributed by atoms with van der Waals surface area (Å²) in [5.41, 5.74) is 0. The van der Waals surface area contributed by atoms with Gasteiger partial charge in [0.25, 0.3) is 0 Å². The van der Waals surface area contributed by atoms with Crippen molar-refractivity contribution in [2.24, 2.45) is 0 Å². The number of ether oxygens (including phenoxy) is 1. The van der Waals surface area contributed by atoms with E-state index in [-0.39, 0.29) is 6.61 Å². The quantitative estimate of drug-likeness (QED) is 0.849. The van der Waals surface area contributed by atoms with Crippen LogP contribution in [-0.4, -0.2) is 41.9 Å². The van der Waals surface area contributed by atoms with Gasteiger partial charge in [0, 0.05) is 11.9 Å². The van der Waals surface area contributed by atoms with Crippen LogP contribution in [0.25, 0.3) is 0 Å². The highest BCUT2D eigenvalue weighted by atomic mass is 35.5. The van der Waals surface area contributed by atoms with E-state index in [0.717, 1.165) is 0 Å². The van der Waals surface area contributed by atoms with Crippen LogP contribution in [0, 0.1) is 0 Å². The number of anilines is 1. The van der Waals surface area contributed by atoms with Crippen molar-refractivity contribution in [2.45, 2.75) is 6.04 Å². The van der Waals surface area contributed by atoms with Crippen molar-refractivity contribution in [1.82, 2.24) is 4.98 Å². The Labute approximate surface area is 95.2 Å². The lowest BCUT2D eigenvalue weighted by molar-refractivity contribution is -0.141. The van der Waals surface area contributed by atoms with Gasteiger partial charge in [-0.25, -0.2) is 9.78 Å². The Balaban J connectivity index is 2.21. The number of morpholine rings is 1. The van der Waals surface area contributed by atoms with E-state index in [9.17, 15) is 4.79 Å². The Bertz CT molecular complexity index is 371. The second-order valence-corrected chi connectivity index (χ2v) is 4.30. The van der Waals surface area contributed by atoms with Crippen LogP contribution >= 0.6 is 22.9 Å².